The summed E-state index contributed by atoms with van der Waals surface area (Å²) in [5.41, 5.74) is -0.346. The monoisotopic (exact) mass is 301 g/mol. The second kappa shape index (κ2) is 7.20. The first-order chi connectivity index (χ1) is 9.42. The van der Waals surface area contributed by atoms with Crippen molar-refractivity contribution in [3.63, 3.8) is 0 Å². The number of nitrogens with one attached hydrogen (secondary N) is 1. The highest BCUT2D eigenvalue weighted by Gasteiger charge is 2.23. The summed E-state index contributed by atoms with van der Waals surface area (Å²) in [4.78, 5) is 14.7. The Morgan fingerprint density at radius 1 is 1.35 bits per heavy atom. The molecule has 1 rings (SSSR count). The summed E-state index contributed by atoms with van der Waals surface area (Å²) < 4.78 is 28.1. The van der Waals surface area contributed by atoms with Crippen LogP contribution in [0.2, 0.25) is 0 Å². The van der Waals surface area contributed by atoms with E-state index in [4.69, 9.17) is 5.11 Å². The van der Waals surface area contributed by atoms with E-state index < -0.39 is 16.2 Å². The lowest BCUT2D eigenvalue weighted by Crippen LogP contribution is -2.37. The largest absolute Gasteiger partial charge is 0.476 e. The number of aromatic carboxylic acids is 1. The number of carboxylic acid groups (broad SMARTS) is 1. The molecule has 1 aromatic rings. The molecule has 0 radical (unpaired) electrons. The van der Waals surface area contributed by atoms with Crippen LogP contribution in [0.5, 0.6) is 0 Å². The van der Waals surface area contributed by atoms with Gasteiger partial charge in [0, 0.05) is 19.3 Å². The first-order valence-corrected chi connectivity index (χ1v) is 7.82. The summed E-state index contributed by atoms with van der Waals surface area (Å²) in [6.07, 6.45) is 2.66. The van der Waals surface area contributed by atoms with Gasteiger partial charge in [-0.15, -0.1) is 0 Å². The number of nitrogens with zero attached hydrogens (tertiary/aromatic N) is 2. The van der Waals surface area contributed by atoms with Crippen LogP contribution >= 0.6 is 0 Å². The Balaban J connectivity index is 3.03. The molecule has 0 spiro atoms. The zero-order chi connectivity index (χ0) is 15.2. The predicted molar refractivity (Wildman–Crippen MR) is 75.9 cm³/mol. The summed E-state index contributed by atoms with van der Waals surface area (Å²) in [7, 11) is -3.78. The van der Waals surface area contributed by atoms with Gasteiger partial charge in [-0.1, -0.05) is 13.8 Å². The molecular formula is C12H19N3O4S. The molecule has 20 heavy (non-hydrogen) atoms. The SMILES string of the molecule is CCCN(CCC)S(=O)(=O)Nc1cccnc1C(=O)O. The summed E-state index contributed by atoms with van der Waals surface area (Å²) >= 11 is 0. The molecule has 0 aliphatic rings. The molecule has 0 saturated heterocycles. The van der Waals surface area contributed by atoms with E-state index >= 15 is 0 Å². The number of carboxylic acids is 1. The smallest absolute Gasteiger partial charge is 0.356 e. The number of pyridine rings is 1. The highest BCUT2D eigenvalue weighted by Crippen LogP contribution is 2.16. The minimum Gasteiger partial charge on any atom is -0.476 e. The van der Waals surface area contributed by atoms with E-state index in [9.17, 15) is 13.2 Å². The van der Waals surface area contributed by atoms with Gasteiger partial charge in [-0.3, -0.25) is 4.72 Å². The fourth-order valence-corrected chi connectivity index (χ4v) is 3.13. The third-order valence-corrected chi connectivity index (χ3v) is 4.06. The number of anilines is 1. The van der Waals surface area contributed by atoms with E-state index in [2.05, 4.69) is 9.71 Å². The van der Waals surface area contributed by atoms with Crippen LogP contribution in [-0.2, 0) is 10.2 Å². The van der Waals surface area contributed by atoms with Crippen molar-refractivity contribution in [3.8, 4) is 0 Å². The van der Waals surface area contributed by atoms with Gasteiger partial charge in [0.1, 0.15) is 0 Å². The molecule has 0 aliphatic carbocycles. The third kappa shape index (κ3) is 4.17. The Kier molecular flexibility index (Phi) is 5.90. The van der Waals surface area contributed by atoms with E-state index in [0.29, 0.717) is 25.9 Å². The summed E-state index contributed by atoms with van der Waals surface area (Å²) in [5.74, 6) is -1.28. The van der Waals surface area contributed by atoms with Crippen LogP contribution in [0.25, 0.3) is 0 Å². The Bertz CT molecular complexity index is 554. The van der Waals surface area contributed by atoms with Crippen molar-refractivity contribution in [2.24, 2.45) is 0 Å². The highest BCUT2D eigenvalue weighted by molar-refractivity contribution is 7.90. The standard InChI is InChI=1S/C12H19N3O4S/c1-3-8-15(9-4-2)20(18,19)14-10-6-5-7-13-11(10)12(16)17/h5-7,14H,3-4,8-9H2,1-2H3,(H,16,17). The molecule has 0 saturated carbocycles. The summed E-state index contributed by atoms with van der Waals surface area (Å²) in [6, 6.07) is 2.86. The lowest BCUT2D eigenvalue weighted by atomic mass is 10.3. The number of hydrogen-bond acceptors (Lipinski definition) is 4. The Labute approximate surface area is 118 Å². The van der Waals surface area contributed by atoms with E-state index in [1.807, 2.05) is 13.8 Å². The molecule has 1 heterocycles. The quantitative estimate of drug-likeness (QED) is 0.759. The van der Waals surface area contributed by atoms with Crippen LogP contribution in [0.15, 0.2) is 18.3 Å². The fraction of sp³-hybridized carbons (Fsp3) is 0.500. The molecule has 7 nitrogen and oxygen atoms in total. The molecule has 0 aromatic carbocycles. The van der Waals surface area contributed by atoms with Gasteiger partial charge in [0.05, 0.1) is 5.69 Å². The van der Waals surface area contributed by atoms with E-state index in [1.54, 1.807) is 0 Å². The number of carbonyl (C=O) groups is 1. The van der Waals surface area contributed by atoms with Crippen molar-refractivity contribution in [1.82, 2.24) is 9.29 Å². The van der Waals surface area contributed by atoms with Crippen molar-refractivity contribution in [3.05, 3.63) is 24.0 Å². The summed E-state index contributed by atoms with van der Waals surface area (Å²) in [6.45, 7) is 4.52. The molecule has 2 N–H and O–H groups in total. The molecule has 0 amide bonds. The molecule has 0 unspecified atom stereocenters. The maximum absolute atomic E-state index is 12.2. The van der Waals surface area contributed by atoms with Gasteiger partial charge >= 0.3 is 16.2 Å². The molecule has 8 heteroatoms. The first kappa shape index (κ1) is 16.4. The fourth-order valence-electron chi connectivity index (χ4n) is 1.71. The van der Waals surface area contributed by atoms with Crippen LogP contribution in [0.4, 0.5) is 5.69 Å². The lowest BCUT2D eigenvalue weighted by molar-refractivity contribution is 0.0692. The zero-order valence-corrected chi connectivity index (χ0v) is 12.4. The zero-order valence-electron chi connectivity index (χ0n) is 11.5. The maximum atomic E-state index is 12.2. The average molecular weight is 301 g/mol. The topological polar surface area (TPSA) is 99.6 Å². The molecule has 0 fully saturated rings. The van der Waals surface area contributed by atoms with Gasteiger partial charge < -0.3 is 5.11 Å². The number of hydrogen-bond donors (Lipinski definition) is 2. The van der Waals surface area contributed by atoms with Crippen LogP contribution in [-0.4, -0.2) is 41.9 Å². The van der Waals surface area contributed by atoms with Gasteiger partial charge in [0.25, 0.3) is 0 Å². The number of rotatable bonds is 8. The first-order valence-electron chi connectivity index (χ1n) is 6.38. The molecule has 0 bridgehead atoms. The molecular weight excluding hydrogens is 282 g/mol. The highest BCUT2D eigenvalue weighted by atomic mass is 32.2. The van der Waals surface area contributed by atoms with Crippen molar-refractivity contribution in [2.75, 3.05) is 17.8 Å². The molecule has 112 valence electrons. The number of aromatic nitrogens is 1. The summed E-state index contributed by atoms with van der Waals surface area (Å²) in [5, 5.41) is 9.00. The average Bonchev–Trinajstić information content (AvgIpc) is 2.38. The second-order valence-electron chi connectivity index (χ2n) is 4.21. The van der Waals surface area contributed by atoms with Gasteiger partial charge in [0.2, 0.25) is 0 Å². The third-order valence-electron chi connectivity index (χ3n) is 2.54. The van der Waals surface area contributed by atoms with Gasteiger partial charge in [-0.05, 0) is 25.0 Å². The predicted octanol–water partition coefficient (Wildman–Crippen LogP) is 1.56. The van der Waals surface area contributed by atoms with Gasteiger partial charge in [-0.2, -0.15) is 12.7 Å². The normalized spacial score (nSPS) is 11.6. The maximum Gasteiger partial charge on any atom is 0.356 e. The van der Waals surface area contributed by atoms with Gasteiger partial charge in [-0.25, -0.2) is 9.78 Å². The second-order valence-corrected chi connectivity index (χ2v) is 5.88. The Hall–Kier alpha value is -1.67. The minimum absolute atomic E-state index is 0.0304. The van der Waals surface area contributed by atoms with Gasteiger partial charge in [0.15, 0.2) is 5.69 Å². The van der Waals surface area contributed by atoms with E-state index in [1.165, 1.54) is 22.6 Å². The van der Waals surface area contributed by atoms with Crippen LogP contribution in [0, 0.1) is 0 Å². The van der Waals surface area contributed by atoms with E-state index in [-0.39, 0.29) is 11.4 Å². The van der Waals surface area contributed by atoms with E-state index in [0.717, 1.165) is 0 Å². The van der Waals surface area contributed by atoms with Crippen molar-refractivity contribution in [2.45, 2.75) is 26.7 Å². The van der Waals surface area contributed by atoms with Crippen LogP contribution < -0.4 is 4.72 Å². The van der Waals surface area contributed by atoms with Crippen molar-refractivity contribution < 1.29 is 18.3 Å². The Morgan fingerprint density at radius 2 is 1.95 bits per heavy atom. The lowest BCUT2D eigenvalue weighted by Gasteiger charge is -2.22. The van der Waals surface area contributed by atoms with Crippen LogP contribution in [0.3, 0.4) is 0 Å². The molecule has 1 aromatic heterocycles. The molecule has 0 atom stereocenters. The Morgan fingerprint density at radius 3 is 2.45 bits per heavy atom. The minimum atomic E-state index is -3.78. The van der Waals surface area contributed by atoms with Crippen molar-refractivity contribution in [1.29, 1.82) is 0 Å². The molecule has 0 aliphatic heterocycles. The van der Waals surface area contributed by atoms with Crippen molar-refractivity contribution >= 4 is 21.9 Å². The van der Waals surface area contributed by atoms with Crippen LogP contribution in [0.1, 0.15) is 37.2 Å².